The summed E-state index contributed by atoms with van der Waals surface area (Å²) in [5.74, 6) is -4.80. The molecule has 0 unspecified atom stereocenters. The van der Waals surface area contributed by atoms with Crippen LogP contribution in [0.15, 0.2) is 35.3 Å². The van der Waals surface area contributed by atoms with E-state index in [1.807, 2.05) is 0 Å². The minimum atomic E-state index is -1.43. The van der Waals surface area contributed by atoms with Crippen LogP contribution in [0.25, 0.3) is 0 Å². The number of nitrogens with one attached hydrogen (secondary N) is 4. The Morgan fingerprint density at radius 3 is 2.33 bits per heavy atom. The molecule has 9 N–H and O–H groups in total. The van der Waals surface area contributed by atoms with E-state index in [2.05, 4.69) is 26.3 Å². The number of carbonyl (C=O) groups is 6. The number of nitrogens with two attached hydrogens (primary N) is 2. The summed E-state index contributed by atoms with van der Waals surface area (Å²) in [5, 5.41) is 19.2. The molecule has 1 aromatic carbocycles. The standard InChI is InChI=1S/C24H32N8O7.ClH/c25-24(26)27-8-4-7-15-20(36)28-11-18(33)30-16(10-19(34)35)21(37)29-14-9-17(22(38)31-15)32(12-14)23(39)13-5-2-1-3-6-13;/h1-3,5-6,14-17H,4,7-12H2,(H,28,36)(H,29,37)(H,30,33)(H,31,38)(H,34,35)(H4,25,26,27);1H/t14-,15-,16-,17-;/m0./s1. The first kappa shape index (κ1) is 31.8. The second-order valence-electron chi connectivity index (χ2n) is 9.23. The van der Waals surface area contributed by atoms with Crippen molar-refractivity contribution in [2.24, 2.45) is 16.5 Å². The number of aliphatic carboxylic acids is 1. The number of aliphatic imine (C=N–C) groups is 1. The van der Waals surface area contributed by atoms with Gasteiger partial charge in [-0.1, -0.05) is 18.2 Å². The summed E-state index contributed by atoms with van der Waals surface area (Å²) in [4.78, 5) is 81.4. The van der Waals surface area contributed by atoms with Gasteiger partial charge in [0.1, 0.15) is 18.1 Å². The van der Waals surface area contributed by atoms with Crippen molar-refractivity contribution in [1.82, 2.24) is 26.2 Å². The molecule has 15 nitrogen and oxygen atoms in total. The molecular weight excluding hydrogens is 548 g/mol. The van der Waals surface area contributed by atoms with Crippen LogP contribution in [-0.2, 0) is 24.0 Å². The van der Waals surface area contributed by atoms with E-state index in [0.29, 0.717) is 12.0 Å². The van der Waals surface area contributed by atoms with Gasteiger partial charge in [-0.2, -0.15) is 0 Å². The fourth-order valence-corrected chi connectivity index (χ4v) is 4.42. The minimum Gasteiger partial charge on any atom is -0.481 e. The highest BCUT2D eigenvalue weighted by Crippen LogP contribution is 2.22. The van der Waals surface area contributed by atoms with Crippen molar-refractivity contribution in [3.05, 3.63) is 35.9 Å². The molecule has 1 aromatic rings. The average Bonchev–Trinajstić information content (AvgIpc) is 3.31. The molecule has 0 saturated carbocycles. The van der Waals surface area contributed by atoms with Crippen LogP contribution in [0.2, 0.25) is 0 Å². The van der Waals surface area contributed by atoms with Crippen molar-refractivity contribution >= 4 is 53.9 Å². The average molecular weight is 581 g/mol. The number of hydrogen-bond donors (Lipinski definition) is 7. The van der Waals surface area contributed by atoms with Gasteiger partial charge in [0, 0.05) is 24.7 Å². The van der Waals surface area contributed by atoms with Crippen LogP contribution in [0, 0.1) is 0 Å². The van der Waals surface area contributed by atoms with Gasteiger partial charge >= 0.3 is 5.97 Å². The van der Waals surface area contributed by atoms with Gasteiger partial charge in [-0.05, 0) is 31.4 Å². The number of carbonyl (C=O) groups excluding carboxylic acids is 5. The summed E-state index contributed by atoms with van der Waals surface area (Å²) in [6, 6.07) is 3.98. The third kappa shape index (κ3) is 8.83. The van der Waals surface area contributed by atoms with Crippen molar-refractivity contribution < 1.29 is 33.9 Å². The van der Waals surface area contributed by atoms with Gasteiger partial charge in [-0.3, -0.25) is 33.8 Å². The van der Waals surface area contributed by atoms with Crippen molar-refractivity contribution in [3.8, 4) is 0 Å². The summed E-state index contributed by atoms with van der Waals surface area (Å²) in [5.41, 5.74) is 11.0. The van der Waals surface area contributed by atoms with Crippen LogP contribution in [0.5, 0.6) is 0 Å². The number of fused-ring (bicyclic) bond motifs is 2. The maximum Gasteiger partial charge on any atom is 0.305 e. The third-order valence-corrected chi connectivity index (χ3v) is 6.26. The van der Waals surface area contributed by atoms with Crippen LogP contribution < -0.4 is 32.7 Å². The molecule has 0 aromatic heterocycles. The Kier molecular flexibility index (Phi) is 11.7. The number of carboxylic acid groups (broad SMARTS) is 1. The first-order valence-electron chi connectivity index (χ1n) is 12.4. The molecular formula is C24H33ClN8O7. The van der Waals surface area contributed by atoms with Crippen LogP contribution in [0.3, 0.4) is 0 Å². The van der Waals surface area contributed by atoms with Gasteiger partial charge in [0.05, 0.1) is 13.0 Å². The second kappa shape index (κ2) is 14.7. The zero-order valence-corrected chi connectivity index (χ0v) is 22.3. The van der Waals surface area contributed by atoms with E-state index in [1.54, 1.807) is 30.3 Å². The second-order valence-corrected chi connectivity index (χ2v) is 9.23. The van der Waals surface area contributed by atoms with Gasteiger partial charge in [-0.15, -0.1) is 12.4 Å². The lowest BCUT2D eigenvalue weighted by atomic mass is 10.1. The van der Waals surface area contributed by atoms with E-state index in [0.717, 1.165) is 0 Å². The van der Waals surface area contributed by atoms with E-state index in [1.165, 1.54) is 4.90 Å². The zero-order valence-electron chi connectivity index (χ0n) is 21.5. The van der Waals surface area contributed by atoms with Gasteiger partial charge < -0.3 is 42.7 Å². The van der Waals surface area contributed by atoms with E-state index < -0.39 is 72.6 Å². The molecule has 0 spiro atoms. The Balaban J connectivity index is 0.00000560. The summed E-state index contributed by atoms with van der Waals surface area (Å²) in [6.45, 7) is -0.421. The number of guanidine groups is 1. The van der Waals surface area contributed by atoms with E-state index in [4.69, 9.17) is 11.5 Å². The SMILES string of the molecule is Cl.NC(N)=NCCC[C@@H]1NC(=O)[C@@H]2C[C@@H](CN2C(=O)c2ccccc2)NC(=O)[C@H](CC(=O)O)NC(=O)CNC1=O. The number of benzene rings is 1. The van der Waals surface area contributed by atoms with Crippen LogP contribution in [-0.4, -0.2) is 95.3 Å². The number of amides is 5. The summed E-state index contributed by atoms with van der Waals surface area (Å²) in [6.07, 6.45) is -0.259. The van der Waals surface area contributed by atoms with Crippen molar-refractivity contribution in [3.63, 3.8) is 0 Å². The monoisotopic (exact) mass is 580 g/mol. The highest BCUT2D eigenvalue weighted by molar-refractivity contribution is 5.99. The van der Waals surface area contributed by atoms with E-state index in [-0.39, 0.29) is 44.3 Å². The molecule has 2 heterocycles. The van der Waals surface area contributed by atoms with E-state index >= 15 is 0 Å². The molecule has 218 valence electrons. The zero-order chi connectivity index (χ0) is 28.5. The first-order valence-corrected chi connectivity index (χ1v) is 12.4. The topological polar surface area (TPSA) is 238 Å². The summed E-state index contributed by atoms with van der Waals surface area (Å²) >= 11 is 0. The van der Waals surface area contributed by atoms with Crippen LogP contribution >= 0.6 is 12.4 Å². The number of likely N-dealkylation sites (tertiary alicyclic amines) is 1. The Bertz CT molecular complexity index is 1150. The Morgan fingerprint density at radius 1 is 0.975 bits per heavy atom. The van der Waals surface area contributed by atoms with Gasteiger partial charge in [0.25, 0.3) is 5.91 Å². The molecule has 2 aliphatic heterocycles. The highest BCUT2D eigenvalue weighted by Gasteiger charge is 2.42. The predicted molar refractivity (Wildman–Crippen MR) is 144 cm³/mol. The molecule has 2 aliphatic rings. The van der Waals surface area contributed by atoms with Crippen LogP contribution in [0.1, 0.15) is 36.0 Å². The Labute approximate surface area is 235 Å². The maximum absolute atomic E-state index is 13.4. The molecule has 0 aliphatic carbocycles. The van der Waals surface area contributed by atoms with Crippen molar-refractivity contribution in [2.75, 3.05) is 19.6 Å². The van der Waals surface area contributed by atoms with E-state index in [9.17, 15) is 33.9 Å². The quantitative estimate of drug-likeness (QED) is 0.102. The fraction of sp³-hybridized carbons (Fsp3) is 0.458. The number of rotatable bonds is 7. The smallest absolute Gasteiger partial charge is 0.305 e. The lowest BCUT2D eigenvalue weighted by Gasteiger charge is -2.26. The molecule has 4 atom stereocenters. The number of hydrogen-bond acceptors (Lipinski definition) is 7. The maximum atomic E-state index is 13.4. The molecule has 16 heteroatoms. The molecule has 2 fully saturated rings. The molecule has 2 bridgehead atoms. The summed E-state index contributed by atoms with van der Waals surface area (Å²) < 4.78 is 0. The Hall–Kier alpha value is -4.40. The van der Waals surface area contributed by atoms with Crippen LogP contribution in [0.4, 0.5) is 0 Å². The lowest BCUT2D eigenvalue weighted by Crippen LogP contribution is -2.55. The normalized spacial score (nSPS) is 23.4. The number of nitrogens with zero attached hydrogens (tertiary/aromatic N) is 2. The Morgan fingerprint density at radius 2 is 1.68 bits per heavy atom. The van der Waals surface area contributed by atoms with Gasteiger partial charge in [-0.25, -0.2) is 0 Å². The molecule has 3 rings (SSSR count). The van der Waals surface area contributed by atoms with Gasteiger partial charge in [0.15, 0.2) is 5.96 Å². The number of carboxylic acids is 1. The largest absolute Gasteiger partial charge is 0.481 e. The first-order chi connectivity index (χ1) is 18.5. The van der Waals surface area contributed by atoms with Crippen molar-refractivity contribution in [1.29, 1.82) is 0 Å². The summed E-state index contributed by atoms with van der Waals surface area (Å²) in [7, 11) is 0. The highest BCUT2D eigenvalue weighted by atomic mass is 35.5. The third-order valence-electron chi connectivity index (χ3n) is 6.26. The molecule has 0 radical (unpaired) electrons. The molecule has 40 heavy (non-hydrogen) atoms. The predicted octanol–water partition coefficient (Wildman–Crippen LogP) is -2.56. The van der Waals surface area contributed by atoms with Gasteiger partial charge in [0.2, 0.25) is 23.6 Å². The number of halogens is 1. The van der Waals surface area contributed by atoms with Crippen molar-refractivity contribution in [2.45, 2.75) is 49.9 Å². The molecule has 5 amide bonds. The minimum absolute atomic E-state index is 0. The molecule has 2 saturated heterocycles. The lowest BCUT2D eigenvalue weighted by molar-refractivity contribution is -0.141. The fourth-order valence-electron chi connectivity index (χ4n) is 4.42.